The molecule has 0 saturated carbocycles. The van der Waals surface area contributed by atoms with Crippen LogP contribution in [0.2, 0.25) is 0 Å². The van der Waals surface area contributed by atoms with E-state index in [4.69, 9.17) is 4.74 Å². The van der Waals surface area contributed by atoms with Crippen molar-refractivity contribution < 1.29 is 38.4 Å². The van der Waals surface area contributed by atoms with E-state index in [0.29, 0.717) is 50.5 Å². The number of benzene rings is 2. The summed E-state index contributed by atoms with van der Waals surface area (Å²) >= 11 is 0. The lowest BCUT2D eigenvalue weighted by molar-refractivity contribution is -0.180. The molecule has 3 aliphatic carbocycles. The summed E-state index contributed by atoms with van der Waals surface area (Å²) in [6, 6.07) is 4.10. The summed E-state index contributed by atoms with van der Waals surface area (Å²) < 4.78 is 35.4. The fraction of sp³-hybridized carbons (Fsp3) is 0.310. The predicted molar refractivity (Wildman–Crippen MR) is 135 cm³/mol. The Labute approximate surface area is 219 Å². The Morgan fingerprint density at radius 2 is 1.90 bits per heavy atom. The van der Waals surface area contributed by atoms with E-state index in [2.05, 4.69) is 10.3 Å². The van der Waals surface area contributed by atoms with Gasteiger partial charge in [-0.15, -0.1) is 0 Å². The molecule has 2 unspecified atom stereocenters. The number of H-pyrrole nitrogens is 1. The van der Waals surface area contributed by atoms with Crippen molar-refractivity contribution in [3.05, 3.63) is 75.9 Å². The number of amides is 2. The number of carbonyl (C=O) groups excluding carboxylic acids is 2. The first-order valence-corrected chi connectivity index (χ1v) is 12.9. The van der Waals surface area contributed by atoms with Crippen molar-refractivity contribution in [2.75, 3.05) is 6.61 Å². The van der Waals surface area contributed by atoms with Gasteiger partial charge in [-0.25, -0.2) is 8.78 Å². The molecule has 5 aliphatic rings. The van der Waals surface area contributed by atoms with Crippen molar-refractivity contribution in [3.63, 3.8) is 0 Å². The highest BCUT2D eigenvalue weighted by molar-refractivity contribution is 6.32. The van der Waals surface area contributed by atoms with Crippen LogP contribution in [-0.4, -0.2) is 62.6 Å². The Hall–Kier alpha value is -3.70. The van der Waals surface area contributed by atoms with E-state index in [9.17, 15) is 33.7 Å². The molecule has 3 heterocycles. The van der Waals surface area contributed by atoms with Crippen LogP contribution in [0.4, 0.5) is 8.78 Å². The van der Waals surface area contributed by atoms with Crippen molar-refractivity contribution >= 4 is 39.2 Å². The third-order valence-electron chi connectivity index (χ3n) is 8.96. The first-order chi connectivity index (χ1) is 18.7. The lowest BCUT2D eigenvalue weighted by Gasteiger charge is -2.41. The van der Waals surface area contributed by atoms with E-state index < -0.39 is 53.3 Å². The van der Waals surface area contributed by atoms with Crippen LogP contribution in [-0.2, 0) is 4.74 Å². The number of imide groups is 1. The molecule has 5 N–H and O–H groups in total. The second kappa shape index (κ2) is 7.48. The van der Waals surface area contributed by atoms with Crippen molar-refractivity contribution in [2.45, 2.75) is 42.7 Å². The average Bonchev–Trinajstić information content (AvgIpc) is 3.24. The fourth-order valence-corrected chi connectivity index (χ4v) is 7.37. The topological polar surface area (TPSA) is 132 Å². The highest BCUT2D eigenvalue weighted by atomic mass is 19.1. The maximum absolute atomic E-state index is 14.7. The molecule has 1 aromatic heterocycles. The second-order valence-corrected chi connectivity index (χ2v) is 11.0. The molecule has 2 amide bonds. The highest BCUT2D eigenvalue weighted by Crippen LogP contribution is 2.66. The van der Waals surface area contributed by atoms with E-state index >= 15 is 0 Å². The van der Waals surface area contributed by atoms with Gasteiger partial charge in [0.2, 0.25) is 0 Å². The van der Waals surface area contributed by atoms with E-state index in [1.807, 2.05) is 0 Å². The third kappa shape index (κ3) is 2.79. The molecular formula is C29H22F2N2O6. The van der Waals surface area contributed by atoms with Gasteiger partial charge in [-0.1, -0.05) is 6.08 Å². The number of hydrogen-bond donors (Lipinski definition) is 5. The minimum atomic E-state index is -1.43. The van der Waals surface area contributed by atoms with E-state index in [0.717, 1.165) is 0 Å². The molecule has 39 heavy (non-hydrogen) atoms. The Bertz CT molecular complexity index is 1790. The number of halogens is 2. The van der Waals surface area contributed by atoms with Gasteiger partial charge in [0.15, 0.2) is 0 Å². The summed E-state index contributed by atoms with van der Waals surface area (Å²) in [7, 11) is 0. The molecule has 1 saturated heterocycles. The van der Waals surface area contributed by atoms with E-state index in [-0.39, 0.29) is 30.1 Å². The van der Waals surface area contributed by atoms with Gasteiger partial charge in [-0.05, 0) is 53.8 Å². The molecule has 2 aliphatic heterocycles. The summed E-state index contributed by atoms with van der Waals surface area (Å²) in [4.78, 5) is 29.9. The fourth-order valence-electron chi connectivity index (χ4n) is 7.37. The lowest BCUT2D eigenvalue weighted by Crippen LogP contribution is -2.53. The summed E-state index contributed by atoms with van der Waals surface area (Å²) in [5.41, 5.74) is 1.79. The number of allylic oxidation sites excluding steroid dienone is 4. The number of aromatic amines is 1. The second-order valence-electron chi connectivity index (χ2n) is 11.0. The van der Waals surface area contributed by atoms with Crippen LogP contribution in [0.1, 0.15) is 50.6 Å². The first-order valence-electron chi connectivity index (χ1n) is 12.9. The number of hydrogen-bond acceptors (Lipinski definition) is 6. The van der Waals surface area contributed by atoms with Gasteiger partial charge in [0.05, 0.1) is 35.5 Å². The van der Waals surface area contributed by atoms with Crippen molar-refractivity contribution in [1.82, 2.24) is 10.3 Å². The minimum absolute atomic E-state index is 0.0366. The molecule has 10 heteroatoms. The van der Waals surface area contributed by atoms with E-state index in [1.54, 1.807) is 6.08 Å². The molecule has 3 aromatic rings. The van der Waals surface area contributed by atoms with Crippen LogP contribution < -0.4 is 5.32 Å². The van der Waals surface area contributed by atoms with Gasteiger partial charge in [0, 0.05) is 39.8 Å². The lowest BCUT2D eigenvalue weighted by atomic mass is 9.73. The predicted octanol–water partition coefficient (Wildman–Crippen LogP) is 2.88. The zero-order valence-corrected chi connectivity index (χ0v) is 20.3. The SMILES string of the molecule is O=C1NC(=O)c2c1c1c(c3[nH]c4ccc(F)cc4c23)C2=C(CC3C=CC(F)=CC13)[C@@]21O[C@H](CO)C[C@H](O)[C@H]1O. The van der Waals surface area contributed by atoms with Crippen molar-refractivity contribution in [1.29, 1.82) is 0 Å². The zero-order chi connectivity index (χ0) is 27.0. The normalized spacial score (nSPS) is 32.6. The zero-order valence-electron chi connectivity index (χ0n) is 20.3. The van der Waals surface area contributed by atoms with Crippen LogP contribution >= 0.6 is 0 Å². The van der Waals surface area contributed by atoms with Gasteiger partial charge in [-0.3, -0.25) is 14.9 Å². The molecule has 8 nitrogen and oxygen atoms in total. The molecule has 6 atom stereocenters. The standard InChI is InChI=1S/C29H22F2N2O6/c30-11-2-1-10-5-16-24(29(16)26(36)18(35)8-13(9-34)39-29)23-19(14(10)6-11)21-22(28(38)33-27(21)37)20-15-7-12(31)3-4-17(15)32-25(20)23/h1-4,6-7,10,13-14,18,26,32,34-36H,5,8-9H2,(H,33,37,38)/t10?,13-,14?,18-,26+,29+/m0/s1. The molecule has 1 fully saturated rings. The van der Waals surface area contributed by atoms with Crippen molar-refractivity contribution in [3.8, 4) is 0 Å². The number of fused-ring (bicyclic) bond motifs is 13. The maximum atomic E-state index is 14.7. The van der Waals surface area contributed by atoms with Crippen molar-refractivity contribution in [2.24, 2.45) is 5.92 Å². The molecule has 0 radical (unpaired) electrons. The van der Waals surface area contributed by atoms with Gasteiger partial charge < -0.3 is 25.0 Å². The van der Waals surface area contributed by atoms with Crippen LogP contribution in [0.3, 0.4) is 0 Å². The molecular weight excluding hydrogens is 510 g/mol. The van der Waals surface area contributed by atoms with Gasteiger partial charge >= 0.3 is 0 Å². The monoisotopic (exact) mass is 532 g/mol. The first kappa shape index (κ1) is 23.2. The number of ether oxygens (including phenoxy) is 1. The van der Waals surface area contributed by atoms with Crippen LogP contribution in [0.15, 0.2) is 47.8 Å². The minimum Gasteiger partial charge on any atom is -0.394 e. The van der Waals surface area contributed by atoms with Gasteiger partial charge in [0.1, 0.15) is 23.3 Å². The molecule has 8 rings (SSSR count). The van der Waals surface area contributed by atoms with Crippen LogP contribution in [0.5, 0.6) is 0 Å². The number of rotatable bonds is 1. The largest absolute Gasteiger partial charge is 0.394 e. The number of carbonyl (C=O) groups is 2. The average molecular weight is 532 g/mol. The number of aliphatic hydroxyl groups excluding tert-OH is 3. The Morgan fingerprint density at radius 3 is 2.69 bits per heavy atom. The third-order valence-corrected chi connectivity index (χ3v) is 8.96. The molecule has 2 aromatic carbocycles. The number of aromatic nitrogens is 1. The smallest absolute Gasteiger partial charge is 0.259 e. The van der Waals surface area contributed by atoms with Crippen LogP contribution in [0, 0.1) is 11.7 Å². The number of aliphatic hydroxyl groups is 3. The highest BCUT2D eigenvalue weighted by Gasteiger charge is 2.67. The maximum Gasteiger partial charge on any atom is 0.259 e. The summed E-state index contributed by atoms with van der Waals surface area (Å²) in [6.07, 6.45) is 1.55. The number of nitrogens with one attached hydrogen (secondary N) is 2. The molecule has 1 spiro atoms. The Morgan fingerprint density at radius 1 is 1.10 bits per heavy atom. The quantitative estimate of drug-likeness (QED) is 0.306. The molecule has 0 bridgehead atoms. The summed E-state index contributed by atoms with van der Waals surface area (Å²) in [6.45, 7) is -0.374. The van der Waals surface area contributed by atoms with Gasteiger partial charge in [0.25, 0.3) is 11.8 Å². The molecule has 198 valence electrons. The summed E-state index contributed by atoms with van der Waals surface area (Å²) in [5, 5.41) is 35.1. The summed E-state index contributed by atoms with van der Waals surface area (Å²) in [5.74, 6) is -3.24. The van der Waals surface area contributed by atoms with E-state index in [1.165, 1.54) is 30.4 Å². The van der Waals surface area contributed by atoms with Crippen LogP contribution in [0.25, 0.3) is 27.4 Å². The Balaban J connectivity index is 1.52. The van der Waals surface area contributed by atoms with Gasteiger partial charge in [-0.2, -0.15) is 0 Å². The Kier molecular flexibility index (Phi) is 4.45.